The number of fused-ring (bicyclic) bond motifs is 2. The van der Waals surface area contributed by atoms with Gasteiger partial charge in [0.25, 0.3) is 0 Å². The highest BCUT2D eigenvalue weighted by Crippen LogP contribution is 2.41. The minimum Gasteiger partial charge on any atom is -0.298 e. The molecule has 1 heteroatoms. The average Bonchev–Trinajstić information content (AvgIpc) is 3.10. The molecule has 0 amide bonds. The molecule has 4 rings (SSSR count). The van der Waals surface area contributed by atoms with Crippen molar-refractivity contribution in [2.24, 2.45) is 0 Å². The highest BCUT2D eigenvalue weighted by molar-refractivity contribution is 5.96. The number of rotatable bonds is 2. The van der Waals surface area contributed by atoms with Crippen LogP contribution in [0.5, 0.6) is 0 Å². The summed E-state index contributed by atoms with van der Waals surface area (Å²) in [6.07, 6.45) is 5.88. The summed E-state index contributed by atoms with van der Waals surface area (Å²) >= 11 is 0. The molecule has 0 radical (unpaired) electrons. The van der Waals surface area contributed by atoms with Crippen LogP contribution in [0, 0.1) is 0 Å². The van der Waals surface area contributed by atoms with Gasteiger partial charge in [-0.15, -0.1) is 0 Å². The zero-order valence-electron chi connectivity index (χ0n) is 12.7. The van der Waals surface area contributed by atoms with E-state index in [1.165, 1.54) is 33.4 Å². The first-order valence-corrected chi connectivity index (χ1v) is 7.83. The van der Waals surface area contributed by atoms with Crippen LogP contribution < -0.4 is 0 Å². The topological polar surface area (TPSA) is 17.1 Å². The molecule has 0 aliphatic heterocycles. The van der Waals surface area contributed by atoms with E-state index in [9.17, 15) is 4.79 Å². The van der Waals surface area contributed by atoms with Gasteiger partial charge in [0.15, 0.2) is 0 Å². The molecule has 1 atom stereocenters. The molecule has 22 heavy (non-hydrogen) atoms. The number of carbonyl (C=O) groups excluding carboxylic acids is 1. The molecule has 0 saturated heterocycles. The predicted molar refractivity (Wildman–Crippen MR) is 89.8 cm³/mol. The molecule has 2 aliphatic carbocycles. The van der Waals surface area contributed by atoms with Crippen molar-refractivity contribution >= 4 is 11.9 Å². The fourth-order valence-electron chi connectivity index (χ4n) is 3.78. The minimum absolute atomic E-state index is 0.0817. The lowest BCUT2D eigenvalue weighted by Gasteiger charge is -2.16. The van der Waals surface area contributed by atoms with E-state index in [1.807, 2.05) is 19.1 Å². The summed E-state index contributed by atoms with van der Waals surface area (Å²) in [4.78, 5) is 12.6. The molecular weight excluding hydrogens is 268 g/mol. The summed E-state index contributed by atoms with van der Waals surface area (Å²) < 4.78 is 0. The van der Waals surface area contributed by atoms with E-state index in [-0.39, 0.29) is 5.92 Å². The predicted octanol–water partition coefficient (Wildman–Crippen LogP) is 4.48. The standard InChI is InChI=1S/C21H18O/c1-2-18(17-11-14-7-3-4-8-15(14)12-17)21-19-10-6-5-9-16(19)13-20(21)22/h2-11,21H,12-13H2,1H3. The van der Waals surface area contributed by atoms with Crippen LogP contribution in [0.3, 0.4) is 0 Å². The average molecular weight is 286 g/mol. The molecule has 0 aromatic heterocycles. The molecule has 0 bridgehead atoms. The van der Waals surface area contributed by atoms with Gasteiger partial charge in [0.2, 0.25) is 0 Å². The Morgan fingerprint density at radius 2 is 1.73 bits per heavy atom. The molecule has 1 unspecified atom stereocenters. The van der Waals surface area contributed by atoms with Crippen molar-refractivity contribution in [1.82, 2.24) is 0 Å². The summed E-state index contributed by atoms with van der Waals surface area (Å²) in [6.45, 7) is 2.05. The Morgan fingerprint density at radius 1 is 1.00 bits per heavy atom. The largest absolute Gasteiger partial charge is 0.298 e. The Kier molecular flexibility index (Phi) is 3.07. The Labute approximate surface area is 131 Å². The van der Waals surface area contributed by atoms with Gasteiger partial charge in [0.05, 0.1) is 5.92 Å². The number of allylic oxidation sites excluding steroid dienone is 3. The molecule has 0 spiro atoms. The van der Waals surface area contributed by atoms with E-state index in [0.717, 1.165) is 6.42 Å². The lowest BCUT2D eigenvalue weighted by Crippen LogP contribution is -2.11. The lowest BCUT2D eigenvalue weighted by molar-refractivity contribution is -0.118. The zero-order chi connectivity index (χ0) is 15.1. The monoisotopic (exact) mass is 286 g/mol. The van der Waals surface area contributed by atoms with Crippen LogP contribution in [0.15, 0.2) is 65.8 Å². The van der Waals surface area contributed by atoms with Gasteiger partial charge in [-0.05, 0) is 46.7 Å². The maximum absolute atomic E-state index is 12.6. The van der Waals surface area contributed by atoms with Gasteiger partial charge in [-0.25, -0.2) is 0 Å². The Hall–Kier alpha value is -2.41. The van der Waals surface area contributed by atoms with Gasteiger partial charge in [0, 0.05) is 6.42 Å². The van der Waals surface area contributed by atoms with E-state index < -0.39 is 0 Å². The summed E-state index contributed by atoms with van der Waals surface area (Å²) in [5, 5.41) is 0. The maximum atomic E-state index is 12.6. The summed E-state index contributed by atoms with van der Waals surface area (Å²) in [5.41, 5.74) is 7.50. The minimum atomic E-state index is -0.0817. The highest BCUT2D eigenvalue weighted by atomic mass is 16.1. The van der Waals surface area contributed by atoms with Gasteiger partial charge in [-0.1, -0.05) is 60.7 Å². The van der Waals surface area contributed by atoms with Crippen molar-refractivity contribution in [2.45, 2.75) is 25.7 Å². The number of benzene rings is 2. The number of ketones is 1. The van der Waals surface area contributed by atoms with Crippen LogP contribution in [0.2, 0.25) is 0 Å². The van der Waals surface area contributed by atoms with Gasteiger partial charge < -0.3 is 0 Å². The van der Waals surface area contributed by atoms with Crippen LogP contribution in [-0.2, 0) is 17.6 Å². The number of hydrogen-bond donors (Lipinski definition) is 0. The second-order valence-electron chi connectivity index (χ2n) is 6.06. The normalized spacial score (nSPS) is 19.9. The van der Waals surface area contributed by atoms with Crippen LogP contribution >= 0.6 is 0 Å². The van der Waals surface area contributed by atoms with E-state index in [0.29, 0.717) is 12.2 Å². The molecule has 2 aliphatic rings. The first-order chi connectivity index (χ1) is 10.8. The second kappa shape index (κ2) is 5.10. The highest BCUT2D eigenvalue weighted by Gasteiger charge is 2.34. The smallest absolute Gasteiger partial charge is 0.149 e. The third kappa shape index (κ3) is 1.97. The Balaban J connectivity index is 1.75. The van der Waals surface area contributed by atoms with E-state index in [2.05, 4.69) is 48.6 Å². The van der Waals surface area contributed by atoms with Gasteiger partial charge in [-0.3, -0.25) is 4.79 Å². The molecule has 108 valence electrons. The van der Waals surface area contributed by atoms with E-state index in [4.69, 9.17) is 0 Å². The van der Waals surface area contributed by atoms with Crippen LogP contribution in [0.1, 0.15) is 35.1 Å². The van der Waals surface area contributed by atoms with Gasteiger partial charge in [-0.2, -0.15) is 0 Å². The molecule has 2 aromatic rings. The first-order valence-electron chi connectivity index (χ1n) is 7.83. The van der Waals surface area contributed by atoms with Crippen molar-refractivity contribution < 1.29 is 4.79 Å². The third-order valence-electron chi connectivity index (χ3n) is 4.81. The fourth-order valence-corrected chi connectivity index (χ4v) is 3.78. The molecule has 0 saturated carbocycles. The molecule has 0 heterocycles. The van der Waals surface area contributed by atoms with Crippen LogP contribution in [0.4, 0.5) is 0 Å². The van der Waals surface area contributed by atoms with Crippen molar-refractivity contribution in [3.8, 4) is 0 Å². The number of carbonyl (C=O) groups is 1. The molecule has 0 fully saturated rings. The summed E-state index contributed by atoms with van der Waals surface area (Å²) in [6, 6.07) is 16.7. The van der Waals surface area contributed by atoms with Crippen LogP contribution in [-0.4, -0.2) is 5.78 Å². The first kappa shape index (κ1) is 13.3. The van der Waals surface area contributed by atoms with Gasteiger partial charge >= 0.3 is 0 Å². The quantitative estimate of drug-likeness (QED) is 0.795. The molecule has 1 nitrogen and oxygen atoms in total. The van der Waals surface area contributed by atoms with Crippen molar-refractivity contribution in [3.63, 3.8) is 0 Å². The molecule has 0 N–H and O–H groups in total. The van der Waals surface area contributed by atoms with Crippen molar-refractivity contribution in [2.75, 3.05) is 0 Å². The van der Waals surface area contributed by atoms with Gasteiger partial charge in [0.1, 0.15) is 5.78 Å². The van der Waals surface area contributed by atoms with Crippen LogP contribution in [0.25, 0.3) is 6.08 Å². The van der Waals surface area contributed by atoms with E-state index in [1.54, 1.807) is 0 Å². The second-order valence-corrected chi connectivity index (χ2v) is 6.06. The van der Waals surface area contributed by atoms with E-state index >= 15 is 0 Å². The van der Waals surface area contributed by atoms with Crippen molar-refractivity contribution in [1.29, 1.82) is 0 Å². The zero-order valence-corrected chi connectivity index (χ0v) is 12.7. The number of Topliss-reactive ketones (excluding diaryl/α,β-unsaturated/α-hetero) is 1. The molecular formula is C21H18O. The van der Waals surface area contributed by atoms with Crippen molar-refractivity contribution in [3.05, 3.63) is 88.0 Å². The summed E-state index contributed by atoms with van der Waals surface area (Å²) in [7, 11) is 0. The Bertz CT molecular complexity index is 823. The molecule has 2 aromatic carbocycles. The Morgan fingerprint density at radius 3 is 2.50 bits per heavy atom. The summed E-state index contributed by atoms with van der Waals surface area (Å²) in [5.74, 6) is 0.243. The number of hydrogen-bond acceptors (Lipinski definition) is 1. The third-order valence-corrected chi connectivity index (χ3v) is 4.81. The SMILES string of the molecule is CC=C(C1=Cc2ccccc2C1)C1C(=O)Cc2ccccc21. The fraction of sp³-hybridized carbons (Fsp3) is 0.190. The lowest BCUT2D eigenvalue weighted by atomic mass is 9.86. The maximum Gasteiger partial charge on any atom is 0.149 e.